The number of carbonyl (C=O) groups excluding carboxylic acids is 1. The van der Waals surface area contributed by atoms with E-state index in [0.29, 0.717) is 13.0 Å². The first-order chi connectivity index (χ1) is 6.79. The molecule has 1 rings (SSSR count). The first-order valence-corrected chi connectivity index (χ1v) is 5.21. The van der Waals surface area contributed by atoms with E-state index < -0.39 is 11.7 Å². The number of hydrogen-bond donors (Lipinski definition) is 2. The van der Waals surface area contributed by atoms with Crippen LogP contribution in [0, 0.1) is 0 Å². The van der Waals surface area contributed by atoms with Gasteiger partial charge in [0, 0.05) is 12.6 Å². The maximum Gasteiger partial charge on any atom is 0.410 e. The minimum Gasteiger partial charge on any atom is -0.444 e. The van der Waals surface area contributed by atoms with Gasteiger partial charge in [-0.2, -0.15) is 0 Å². The van der Waals surface area contributed by atoms with Crippen molar-refractivity contribution in [2.45, 2.75) is 44.9 Å². The molecule has 1 amide bonds. The lowest BCUT2D eigenvalue weighted by Gasteiger charge is -2.35. The Labute approximate surface area is 90.2 Å². The van der Waals surface area contributed by atoms with Crippen LogP contribution >= 0.6 is 0 Å². The van der Waals surface area contributed by atoms with Gasteiger partial charge in [0.1, 0.15) is 5.60 Å². The number of aliphatic hydroxyl groups is 1. The highest BCUT2D eigenvalue weighted by Gasteiger charge is 2.30. The molecule has 0 aromatic carbocycles. The summed E-state index contributed by atoms with van der Waals surface area (Å²) in [5.74, 6) is 0. The first kappa shape index (κ1) is 12.3. The Balaban J connectivity index is 2.48. The zero-order chi connectivity index (χ0) is 11.6. The summed E-state index contributed by atoms with van der Waals surface area (Å²) in [4.78, 5) is 13.1. The second kappa shape index (κ2) is 4.37. The molecule has 5 nitrogen and oxygen atoms in total. The van der Waals surface area contributed by atoms with Crippen molar-refractivity contribution in [3.05, 3.63) is 0 Å². The van der Waals surface area contributed by atoms with Crippen LogP contribution in [0.2, 0.25) is 0 Å². The Hall–Kier alpha value is -0.810. The molecule has 5 heteroatoms. The molecule has 1 aliphatic rings. The number of hydrogen-bond acceptors (Lipinski definition) is 4. The maximum absolute atomic E-state index is 11.6. The van der Waals surface area contributed by atoms with Crippen LogP contribution in [-0.2, 0) is 4.74 Å². The van der Waals surface area contributed by atoms with Crippen LogP contribution in [0.15, 0.2) is 0 Å². The molecular weight excluding hydrogens is 196 g/mol. The van der Waals surface area contributed by atoms with Gasteiger partial charge in [0.2, 0.25) is 0 Å². The van der Waals surface area contributed by atoms with Gasteiger partial charge in [-0.15, -0.1) is 0 Å². The third kappa shape index (κ3) is 3.68. The highest BCUT2D eigenvalue weighted by atomic mass is 16.6. The van der Waals surface area contributed by atoms with Crippen LogP contribution in [0.5, 0.6) is 0 Å². The number of piperidine rings is 1. The van der Waals surface area contributed by atoms with Gasteiger partial charge in [-0.1, -0.05) is 0 Å². The van der Waals surface area contributed by atoms with Gasteiger partial charge in [-0.05, 0) is 27.2 Å². The second-order valence-corrected chi connectivity index (χ2v) is 4.95. The lowest BCUT2D eigenvalue weighted by atomic mass is 10.0. The molecule has 0 aromatic rings. The number of likely N-dealkylation sites (tertiary alicyclic amines) is 1. The molecule has 88 valence electrons. The average Bonchev–Trinajstić information content (AvgIpc) is 2.06. The van der Waals surface area contributed by atoms with Gasteiger partial charge in [0.15, 0.2) is 0 Å². The molecule has 0 bridgehead atoms. The highest BCUT2D eigenvalue weighted by molar-refractivity contribution is 5.68. The average molecular weight is 216 g/mol. The zero-order valence-electron chi connectivity index (χ0n) is 9.56. The van der Waals surface area contributed by atoms with E-state index in [4.69, 9.17) is 10.5 Å². The number of aliphatic hydroxyl groups excluding tert-OH is 1. The van der Waals surface area contributed by atoms with Crippen molar-refractivity contribution < 1.29 is 14.6 Å². The van der Waals surface area contributed by atoms with E-state index in [-0.39, 0.29) is 18.7 Å². The normalized spacial score (nSPS) is 27.7. The molecule has 0 aliphatic carbocycles. The molecule has 2 atom stereocenters. The standard InChI is InChI=1S/C10H20N2O3/c1-10(2,3)15-9(14)12-5-4-7(11)8(13)6-12/h7-8,13H,4-6,11H2,1-3H3/t7-,8+/m1/s1. The van der Waals surface area contributed by atoms with Gasteiger partial charge in [-0.25, -0.2) is 4.79 Å². The number of ether oxygens (including phenoxy) is 1. The molecule has 1 saturated heterocycles. The minimum absolute atomic E-state index is 0.233. The smallest absolute Gasteiger partial charge is 0.410 e. The van der Waals surface area contributed by atoms with Crippen molar-refractivity contribution in [3.63, 3.8) is 0 Å². The van der Waals surface area contributed by atoms with Crippen molar-refractivity contribution in [3.8, 4) is 0 Å². The summed E-state index contributed by atoms with van der Waals surface area (Å²) in [7, 11) is 0. The summed E-state index contributed by atoms with van der Waals surface area (Å²) < 4.78 is 5.20. The van der Waals surface area contributed by atoms with Gasteiger partial charge in [0.05, 0.1) is 12.6 Å². The van der Waals surface area contributed by atoms with Crippen molar-refractivity contribution >= 4 is 6.09 Å². The van der Waals surface area contributed by atoms with Crippen LogP contribution in [0.4, 0.5) is 4.79 Å². The molecule has 0 spiro atoms. The minimum atomic E-state index is -0.647. The van der Waals surface area contributed by atoms with Crippen molar-refractivity contribution in [2.75, 3.05) is 13.1 Å². The van der Waals surface area contributed by atoms with E-state index in [1.807, 2.05) is 20.8 Å². The van der Waals surface area contributed by atoms with Crippen molar-refractivity contribution in [1.82, 2.24) is 4.90 Å². The van der Waals surface area contributed by atoms with E-state index >= 15 is 0 Å². The molecule has 1 aliphatic heterocycles. The van der Waals surface area contributed by atoms with E-state index in [1.54, 1.807) is 0 Å². The lowest BCUT2D eigenvalue weighted by molar-refractivity contribution is -0.000607. The molecule has 15 heavy (non-hydrogen) atoms. The van der Waals surface area contributed by atoms with E-state index in [9.17, 15) is 9.90 Å². The van der Waals surface area contributed by atoms with E-state index in [1.165, 1.54) is 4.90 Å². The topological polar surface area (TPSA) is 75.8 Å². The Morgan fingerprint density at radius 2 is 2.13 bits per heavy atom. The molecule has 0 unspecified atom stereocenters. The number of nitrogens with two attached hydrogens (primary N) is 1. The number of carbonyl (C=O) groups is 1. The van der Waals surface area contributed by atoms with Gasteiger partial charge >= 0.3 is 6.09 Å². The number of β-amino-alcohol motifs (C(OH)–C–C–N with tert-alkyl or cyclic N) is 1. The van der Waals surface area contributed by atoms with E-state index in [2.05, 4.69) is 0 Å². The number of rotatable bonds is 0. The highest BCUT2D eigenvalue weighted by Crippen LogP contribution is 2.14. The third-order valence-corrected chi connectivity index (χ3v) is 2.29. The maximum atomic E-state index is 11.6. The quantitative estimate of drug-likeness (QED) is 0.611. The summed E-state index contributed by atoms with van der Waals surface area (Å²) >= 11 is 0. The summed E-state index contributed by atoms with van der Waals surface area (Å²) in [6.07, 6.45) is -0.417. The molecule has 0 saturated carbocycles. The Morgan fingerprint density at radius 1 is 1.53 bits per heavy atom. The second-order valence-electron chi connectivity index (χ2n) is 4.95. The predicted molar refractivity (Wildman–Crippen MR) is 56.4 cm³/mol. The monoisotopic (exact) mass is 216 g/mol. The Bertz CT molecular complexity index is 237. The van der Waals surface area contributed by atoms with Crippen LogP contribution in [0.25, 0.3) is 0 Å². The molecule has 0 radical (unpaired) electrons. The van der Waals surface area contributed by atoms with Crippen LogP contribution in [0.3, 0.4) is 0 Å². The zero-order valence-corrected chi connectivity index (χ0v) is 9.56. The fraction of sp³-hybridized carbons (Fsp3) is 0.900. The summed E-state index contributed by atoms with van der Waals surface area (Å²) in [5, 5.41) is 9.52. The Morgan fingerprint density at radius 3 is 2.60 bits per heavy atom. The first-order valence-electron chi connectivity index (χ1n) is 5.21. The van der Waals surface area contributed by atoms with Crippen molar-refractivity contribution in [2.24, 2.45) is 5.73 Å². The molecule has 1 fully saturated rings. The fourth-order valence-electron chi connectivity index (χ4n) is 1.44. The SMILES string of the molecule is CC(C)(C)OC(=O)N1CC[C@@H](N)[C@@H](O)C1. The number of nitrogens with zero attached hydrogens (tertiary/aromatic N) is 1. The fourth-order valence-corrected chi connectivity index (χ4v) is 1.44. The van der Waals surface area contributed by atoms with Gasteiger partial charge < -0.3 is 20.5 Å². The predicted octanol–water partition coefficient (Wildman–Crippen LogP) is 0.315. The summed E-state index contributed by atoms with van der Waals surface area (Å²) in [5.41, 5.74) is 5.14. The summed E-state index contributed by atoms with van der Waals surface area (Å²) in [6.45, 7) is 6.26. The third-order valence-electron chi connectivity index (χ3n) is 2.29. The van der Waals surface area contributed by atoms with Crippen LogP contribution in [-0.4, -0.2) is 46.9 Å². The molecule has 3 N–H and O–H groups in total. The van der Waals surface area contributed by atoms with Crippen molar-refractivity contribution in [1.29, 1.82) is 0 Å². The largest absolute Gasteiger partial charge is 0.444 e. The molecular formula is C10H20N2O3. The lowest BCUT2D eigenvalue weighted by Crippen LogP contribution is -2.53. The molecule has 0 aromatic heterocycles. The van der Waals surface area contributed by atoms with Gasteiger partial charge in [0.25, 0.3) is 0 Å². The van der Waals surface area contributed by atoms with E-state index in [0.717, 1.165) is 0 Å². The number of amides is 1. The Kier molecular flexibility index (Phi) is 3.57. The van der Waals surface area contributed by atoms with Gasteiger partial charge in [-0.3, -0.25) is 0 Å². The summed E-state index contributed by atoms with van der Waals surface area (Å²) in [6, 6.07) is -0.233. The van der Waals surface area contributed by atoms with Crippen LogP contribution in [0.1, 0.15) is 27.2 Å². The van der Waals surface area contributed by atoms with Crippen LogP contribution < -0.4 is 5.73 Å². The molecule has 1 heterocycles.